The highest BCUT2D eigenvalue weighted by molar-refractivity contribution is 5.79. The van der Waals surface area contributed by atoms with Crippen molar-refractivity contribution in [2.45, 2.75) is 25.3 Å². The molecule has 0 radical (unpaired) electrons. The van der Waals surface area contributed by atoms with Gasteiger partial charge in [0, 0.05) is 62.8 Å². The molecule has 1 aromatic carbocycles. The highest BCUT2D eigenvalue weighted by Gasteiger charge is 2.26. The smallest absolute Gasteiger partial charge is 0.236 e. The summed E-state index contributed by atoms with van der Waals surface area (Å²) in [4.78, 5) is 28.0. The number of nitrogens with one attached hydrogen (secondary N) is 1. The minimum atomic E-state index is -0.543. The molecule has 11 heteroatoms. The second-order valence-electron chi connectivity index (χ2n) is 10.6. The Morgan fingerprint density at radius 3 is 2.68 bits per heavy atom. The Morgan fingerprint density at radius 1 is 1.10 bits per heavy atom. The summed E-state index contributed by atoms with van der Waals surface area (Å²) in [6.07, 6.45) is 4.87. The quantitative estimate of drug-likeness (QED) is 0.386. The van der Waals surface area contributed by atoms with E-state index in [0.29, 0.717) is 30.0 Å². The number of piperazine rings is 1. The van der Waals surface area contributed by atoms with E-state index in [2.05, 4.69) is 32.2 Å². The molecule has 3 aromatic heterocycles. The van der Waals surface area contributed by atoms with Crippen molar-refractivity contribution in [1.29, 1.82) is 5.26 Å². The largest absolute Gasteiger partial charge is 0.369 e. The molecule has 2 aliphatic rings. The molecule has 0 bridgehead atoms. The first-order valence-corrected chi connectivity index (χ1v) is 14.0. The topological polar surface area (TPSA) is 106 Å². The van der Waals surface area contributed by atoms with Gasteiger partial charge >= 0.3 is 0 Å². The molecule has 0 aliphatic carbocycles. The van der Waals surface area contributed by atoms with Gasteiger partial charge in [0.05, 0.1) is 23.3 Å². The molecule has 41 heavy (non-hydrogen) atoms. The Balaban J connectivity index is 1.35. The van der Waals surface area contributed by atoms with Crippen LogP contribution in [0.2, 0.25) is 0 Å². The number of benzene rings is 1. The molecular formula is C30H32FN9O. The third kappa shape index (κ3) is 5.56. The maximum absolute atomic E-state index is 16.2. The molecule has 5 heterocycles. The van der Waals surface area contributed by atoms with Crippen molar-refractivity contribution >= 4 is 22.9 Å². The van der Waals surface area contributed by atoms with E-state index in [1.807, 2.05) is 54.7 Å². The van der Waals surface area contributed by atoms with E-state index in [-0.39, 0.29) is 29.9 Å². The van der Waals surface area contributed by atoms with Gasteiger partial charge in [-0.1, -0.05) is 18.2 Å². The van der Waals surface area contributed by atoms with E-state index in [1.54, 1.807) is 15.6 Å². The number of anilines is 2. The maximum Gasteiger partial charge on any atom is 0.236 e. The first-order chi connectivity index (χ1) is 20.0. The van der Waals surface area contributed by atoms with Crippen LogP contribution in [-0.2, 0) is 4.79 Å². The number of likely N-dealkylation sites (N-methyl/N-ethyl adjacent to an activating group) is 1. The zero-order valence-corrected chi connectivity index (χ0v) is 23.0. The number of hydrogen-bond donors (Lipinski definition) is 1. The van der Waals surface area contributed by atoms with Crippen LogP contribution in [0, 0.1) is 17.1 Å². The van der Waals surface area contributed by atoms with Gasteiger partial charge in [0.15, 0.2) is 17.5 Å². The number of amides is 1. The van der Waals surface area contributed by atoms with E-state index in [1.165, 1.54) is 0 Å². The molecule has 2 aliphatic heterocycles. The van der Waals surface area contributed by atoms with Crippen molar-refractivity contribution < 1.29 is 9.18 Å². The number of nitrogens with zero attached hydrogens (tertiary/aromatic N) is 8. The number of piperidine rings is 1. The summed E-state index contributed by atoms with van der Waals surface area (Å²) < 4.78 is 17.9. The van der Waals surface area contributed by atoms with Crippen LogP contribution < -0.4 is 10.2 Å². The van der Waals surface area contributed by atoms with Gasteiger partial charge < -0.3 is 20.0 Å². The van der Waals surface area contributed by atoms with Gasteiger partial charge in [-0.2, -0.15) is 10.4 Å². The maximum atomic E-state index is 16.2. The third-order valence-electron chi connectivity index (χ3n) is 7.87. The summed E-state index contributed by atoms with van der Waals surface area (Å²) in [5.41, 5.74) is 3.46. The van der Waals surface area contributed by atoms with E-state index in [4.69, 9.17) is 10.2 Å². The fourth-order valence-corrected chi connectivity index (χ4v) is 5.55. The Bertz CT molecular complexity index is 1590. The lowest BCUT2D eigenvalue weighted by Crippen LogP contribution is -2.45. The van der Waals surface area contributed by atoms with Crippen LogP contribution in [-0.4, -0.2) is 87.6 Å². The average molecular weight is 554 g/mol. The Hall–Kier alpha value is -4.56. The fourth-order valence-electron chi connectivity index (χ4n) is 5.55. The van der Waals surface area contributed by atoms with Gasteiger partial charge in [-0.15, -0.1) is 0 Å². The molecule has 0 spiro atoms. The summed E-state index contributed by atoms with van der Waals surface area (Å²) >= 11 is 0. The minimum Gasteiger partial charge on any atom is -0.369 e. The summed E-state index contributed by atoms with van der Waals surface area (Å²) in [6, 6.07) is 15.3. The molecule has 0 unspecified atom stereocenters. The first kappa shape index (κ1) is 26.7. The molecule has 1 amide bonds. The number of carbonyl (C=O) groups excluding carboxylic acids is 1. The van der Waals surface area contributed by atoms with E-state index < -0.39 is 5.82 Å². The standard InChI is InChI=1S/C30H32FN9O/c1-37-15-17-38(18-16-37)23-9-7-21(8-10-23)28-27(31)30(34-22-5-4-13-39(20-22)26(41)11-12-32)36-29(35-28)24-19-33-40-14-3-2-6-25(24)40/h2-3,6-10,14,19,22H,4-5,11,13,15-18,20H2,1H3,(H,34,35,36)/t22-/m1/s1. The van der Waals surface area contributed by atoms with Crippen molar-refractivity contribution in [3.8, 4) is 28.7 Å². The number of rotatable bonds is 6. The predicted molar refractivity (Wildman–Crippen MR) is 155 cm³/mol. The van der Waals surface area contributed by atoms with Crippen LogP contribution in [0.25, 0.3) is 28.2 Å². The van der Waals surface area contributed by atoms with E-state index >= 15 is 4.39 Å². The Kier molecular flexibility index (Phi) is 7.48. The predicted octanol–water partition coefficient (Wildman–Crippen LogP) is 3.67. The third-order valence-corrected chi connectivity index (χ3v) is 7.87. The van der Waals surface area contributed by atoms with Crippen LogP contribution in [0.1, 0.15) is 19.3 Å². The van der Waals surface area contributed by atoms with Crippen molar-refractivity contribution in [2.24, 2.45) is 0 Å². The van der Waals surface area contributed by atoms with Gasteiger partial charge in [0.1, 0.15) is 12.1 Å². The normalized spacial score (nSPS) is 17.9. The van der Waals surface area contributed by atoms with Crippen molar-refractivity contribution in [3.63, 3.8) is 0 Å². The summed E-state index contributed by atoms with van der Waals surface area (Å²) in [7, 11) is 2.13. The Labute approximate surface area is 238 Å². The number of halogens is 1. The molecule has 6 rings (SSSR count). The van der Waals surface area contributed by atoms with Gasteiger partial charge in [-0.05, 0) is 44.2 Å². The fraction of sp³-hybridized carbons (Fsp3) is 0.367. The van der Waals surface area contributed by atoms with Gasteiger partial charge in [-0.25, -0.2) is 18.9 Å². The van der Waals surface area contributed by atoms with Gasteiger partial charge in [0.25, 0.3) is 0 Å². The number of aromatic nitrogens is 4. The number of nitriles is 1. The average Bonchev–Trinajstić information content (AvgIpc) is 3.43. The molecule has 1 atom stereocenters. The highest BCUT2D eigenvalue weighted by Crippen LogP contribution is 2.32. The van der Waals surface area contributed by atoms with Crippen molar-refractivity contribution in [2.75, 3.05) is 56.5 Å². The molecule has 0 saturated carbocycles. The van der Waals surface area contributed by atoms with Crippen molar-refractivity contribution in [3.05, 3.63) is 60.7 Å². The lowest BCUT2D eigenvalue weighted by atomic mass is 10.0. The second kappa shape index (κ2) is 11.5. The molecular weight excluding hydrogens is 521 g/mol. The van der Waals surface area contributed by atoms with Gasteiger partial charge in [-0.3, -0.25) is 4.79 Å². The number of fused-ring (bicyclic) bond motifs is 1. The SMILES string of the molecule is CN1CCN(c2ccc(-c3nc(-c4cnn5ccccc45)nc(N[C@@H]4CCCN(C(=O)CC#N)C4)c3F)cc2)CC1. The lowest BCUT2D eigenvalue weighted by molar-refractivity contribution is -0.131. The zero-order valence-electron chi connectivity index (χ0n) is 23.0. The zero-order chi connectivity index (χ0) is 28.3. The summed E-state index contributed by atoms with van der Waals surface area (Å²) in [5, 5.41) is 16.6. The van der Waals surface area contributed by atoms with Crippen LogP contribution in [0.4, 0.5) is 15.9 Å². The van der Waals surface area contributed by atoms with E-state index in [9.17, 15) is 4.79 Å². The molecule has 10 nitrogen and oxygen atoms in total. The lowest BCUT2D eigenvalue weighted by Gasteiger charge is -2.34. The van der Waals surface area contributed by atoms with Gasteiger partial charge in [0.2, 0.25) is 5.91 Å². The number of pyridine rings is 1. The molecule has 210 valence electrons. The molecule has 4 aromatic rings. The van der Waals surface area contributed by atoms with E-state index in [0.717, 1.165) is 50.2 Å². The number of likely N-dealkylation sites (tertiary alicyclic amines) is 1. The monoisotopic (exact) mass is 553 g/mol. The number of carbonyl (C=O) groups is 1. The van der Waals surface area contributed by atoms with Crippen LogP contribution >= 0.6 is 0 Å². The molecule has 2 fully saturated rings. The number of hydrogen-bond acceptors (Lipinski definition) is 8. The minimum absolute atomic E-state index is 0.0861. The summed E-state index contributed by atoms with van der Waals surface area (Å²) in [5.74, 6) is -0.308. The highest BCUT2D eigenvalue weighted by atomic mass is 19.1. The molecule has 1 N–H and O–H groups in total. The van der Waals surface area contributed by atoms with Crippen molar-refractivity contribution in [1.82, 2.24) is 29.4 Å². The molecule has 2 saturated heterocycles. The van der Waals surface area contributed by atoms with Crippen LogP contribution in [0.3, 0.4) is 0 Å². The van der Waals surface area contributed by atoms with Crippen LogP contribution in [0.15, 0.2) is 54.9 Å². The first-order valence-electron chi connectivity index (χ1n) is 14.0. The Morgan fingerprint density at radius 2 is 1.90 bits per heavy atom. The van der Waals surface area contributed by atoms with Crippen LogP contribution in [0.5, 0.6) is 0 Å². The summed E-state index contributed by atoms with van der Waals surface area (Å²) in [6.45, 7) is 4.86. The second-order valence-corrected chi connectivity index (χ2v) is 10.6.